The van der Waals surface area contributed by atoms with Gasteiger partial charge in [-0.25, -0.2) is 4.79 Å². The van der Waals surface area contributed by atoms with Crippen molar-refractivity contribution in [3.63, 3.8) is 0 Å². The number of carbonyl (C=O) groups excluding carboxylic acids is 1. The molecule has 20 heavy (non-hydrogen) atoms. The van der Waals surface area contributed by atoms with Gasteiger partial charge in [0.15, 0.2) is 0 Å². The summed E-state index contributed by atoms with van der Waals surface area (Å²) in [5, 5.41) is 0. The van der Waals surface area contributed by atoms with Crippen LogP contribution in [0.1, 0.15) is 45.2 Å². The van der Waals surface area contributed by atoms with Crippen molar-refractivity contribution >= 4 is 18.4 Å². The lowest BCUT2D eigenvalue weighted by molar-refractivity contribution is -0.130. The molecule has 0 bridgehead atoms. The van der Waals surface area contributed by atoms with Crippen LogP contribution in [0.3, 0.4) is 0 Å². The van der Waals surface area contributed by atoms with E-state index in [9.17, 15) is 4.79 Å². The molecule has 0 aliphatic rings. The molecular weight excluding hydrogens is 274 g/mol. The maximum absolute atomic E-state index is 11.7. The second kappa shape index (κ2) is 7.46. The van der Waals surface area contributed by atoms with Gasteiger partial charge in [0, 0.05) is 11.1 Å². The first-order chi connectivity index (χ1) is 8.77. The third-order valence-electron chi connectivity index (χ3n) is 2.88. The summed E-state index contributed by atoms with van der Waals surface area (Å²) in [7, 11) is 0. The molecule has 0 amide bonds. The summed E-state index contributed by atoms with van der Waals surface area (Å²) in [6, 6.07) is 5.66. The van der Waals surface area contributed by atoms with Gasteiger partial charge in [0.05, 0.1) is 0 Å². The number of hydrogen-bond donors (Lipinski definition) is 1. The van der Waals surface area contributed by atoms with E-state index < -0.39 is 11.5 Å². The number of hydrogen-bond acceptors (Lipinski definition) is 3. The van der Waals surface area contributed by atoms with Crippen molar-refractivity contribution in [3.8, 4) is 5.75 Å². The van der Waals surface area contributed by atoms with E-state index in [1.165, 1.54) is 0 Å². The van der Waals surface area contributed by atoms with E-state index in [0.29, 0.717) is 11.3 Å². The van der Waals surface area contributed by atoms with Crippen molar-refractivity contribution in [3.05, 3.63) is 41.5 Å². The van der Waals surface area contributed by atoms with Gasteiger partial charge in [-0.1, -0.05) is 32.1 Å². The van der Waals surface area contributed by atoms with Crippen LogP contribution in [0.2, 0.25) is 0 Å². The van der Waals surface area contributed by atoms with Crippen molar-refractivity contribution in [1.29, 1.82) is 0 Å². The minimum absolute atomic E-state index is 0. The third-order valence-corrected chi connectivity index (χ3v) is 2.88. The molecule has 0 fully saturated rings. The van der Waals surface area contributed by atoms with E-state index in [1.807, 2.05) is 26.0 Å². The molecule has 0 aromatic heterocycles. The van der Waals surface area contributed by atoms with Gasteiger partial charge in [0.1, 0.15) is 5.75 Å². The molecule has 0 aliphatic carbocycles. The average molecular weight is 298 g/mol. The van der Waals surface area contributed by atoms with Crippen LogP contribution in [0, 0.1) is 0 Å². The Morgan fingerprint density at radius 2 is 2.00 bits per heavy atom. The smallest absolute Gasteiger partial charge is 0.338 e. The molecule has 2 N–H and O–H groups in total. The lowest BCUT2D eigenvalue weighted by Crippen LogP contribution is -2.30. The van der Waals surface area contributed by atoms with E-state index in [0.717, 1.165) is 24.0 Å². The minimum Gasteiger partial charge on any atom is -0.423 e. The predicted molar refractivity (Wildman–Crippen MR) is 85.3 cm³/mol. The SMILES string of the molecule is C=C(C)C(=O)Oc1cccc(C(C)(C)N)c1CCC.Cl. The second-order valence-corrected chi connectivity index (χ2v) is 5.42. The van der Waals surface area contributed by atoms with Gasteiger partial charge in [0.25, 0.3) is 0 Å². The number of benzene rings is 1. The molecule has 0 radical (unpaired) electrons. The first-order valence-electron chi connectivity index (χ1n) is 6.56. The van der Waals surface area contributed by atoms with Crippen molar-refractivity contribution in [2.24, 2.45) is 5.73 Å². The Kier molecular flexibility index (Phi) is 6.97. The Labute approximate surface area is 127 Å². The maximum Gasteiger partial charge on any atom is 0.338 e. The molecular formula is C16H24ClNO2. The monoisotopic (exact) mass is 297 g/mol. The summed E-state index contributed by atoms with van der Waals surface area (Å²) in [6.07, 6.45) is 1.79. The molecule has 0 saturated heterocycles. The van der Waals surface area contributed by atoms with Gasteiger partial charge in [0.2, 0.25) is 0 Å². The number of ether oxygens (including phenoxy) is 1. The van der Waals surface area contributed by atoms with Crippen LogP contribution in [-0.2, 0) is 16.8 Å². The Balaban J connectivity index is 0.00000361. The average Bonchev–Trinajstić information content (AvgIpc) is 2.29. The molecule has 0 aliphatic heterocycles. The quantitative estimate of drug-likeness (QED) is 0.512. The molecule has 4 heteroatoms. The molecule has 0 atom stereocenters. The number of carbonyl (C=O) groups is 1. The van der Waals surface area contributed by atoms with Gasteiger partial charge in [-0.3, -0.25) is 0 Å². The van der Waals surface area contributed by atoms with Gasteiger partial charge in [-0.05, 0) is 44.4 Å². The summed E-state index contributed by atoms with van der Waals surface area (Å²) in [5.41, 5.74) is 8.14. The second-order valence-electron chi connectivity index (χ2n) is 5.42. The molecule has 1 aromatic carbocycles. The zero-order chi connectivity index (χ0) is 14.6. The number of rotatable bonds is 5. The summed E-state index contributed by atoms with van der Waals surface area (Å²) in [6.45, 7) is 11.2. The topological polar surface area (TPSA) is 52.3 Å². The van der Waals surface area contributed by atoms with Crippen LogP contribution in [-0.4, -0.2) is 5.97 Å². The van der Waals surface area contributed by atoms with Gasteiger partial charge < -0.3 is 10.5 Å². The van der Waals surface area contributed by atoms with Gasteiger partial charge >= 0.3 is 5.97 Å². The fourth-order valence-electron chi connectivity index (χ4n) is 1.96. The lowest BCUT2D eigenvalue weighted by atomic mass is 9.88. The highest BCUT2D eigenvalue weighted by Gasteiger charge is 2.21. The van der Waals surface area contributed by atoms with Crippen LogP contribution in [0.15, 0.2) is 30.4 Å². The fraction of sp³-hybridized carbons (Fsp3) is 0.438. The largest absolute Gasteiger partial charge is 0.423 e. The van der Waals surface area contributed by atoms with Crippen molar-refractivity contribution in [2.75, 3.05) is 0 Å². The van der Waals surface area contributed by atoms with Crippen molar-refractivity contribution in [1.82, 2.24) is 0 Å². The predicted octanol–water partition coefficient (Wildman–Crippen LogP) is 3.74. The van der Waals surface area contributed by atoms with Crippen molar-refractivity contribution < 1.29 is 9.53 Å². The van der Waals surface area contributed by atoms with Crippen LogP contribution in [0.5, 0.6) is 5.75 Å². The summed E-state index contributed by atoms with van der Waals surface area (Å²) < 4.78 is 5.40. The fourth-order valence-corrected chi connectivity index (χ4v) is 1.96. The lowest BCUT2D eigenvalue weighted by Gasteiger charge is -2.24. The molecule has 0 saturated carbocycles. The molecule has 3 nitrogen and oxygen atoms in total. The zero-order valence-corrected chi connectivity index (χ0v) is 13.5. The minimum atomic E-state index is -0.462. The summed E-state index contributed by atoms with van der Waals surface area (Å²) in [4.78, 5) is 11.7. The molecule has 1 aromatic rings. The van der Waals surface area contributed by atoms with Crippen molar-refractivity contribution in [2.45, 2.75) is 46.1 Å². The van der Waals surface area contributed by atoms with E-state index >= 15 is 0 Å². The highest BCUT2D eigenvalue weighted by molar-refractivity contribution is 5.89. The standard InChI is InChI=1S/C16H23NO2.ClH/c1-6-8-12-13(16(4,5)17)9-7-10-14(12)19-15(18)11(2)3;/h7,9-10H,2,6,8,17H2,1,3-5H3;1H. The number of halogens is 1. The molecule has 0 unspecified atom stereocenters. The Hall–Kier alpha value is -1.32. The Morgan fingerprint density at radius 3 is 2.45 bits per heavy atom. The third kappa shape index (κ3) is 4.66. The van der Waals surface area contributed by atoms with E-state index in [4.69, 9.17) is 10.5 Å². The van der Waals surface area contributed by atoms with Crippen LogP contribution < -0.4 is 10.5 Å². The normalized spacial score (nSPS) is 10.7. The number of nitrogens with two attached hydrogens (primary N) is 1. The molecule has 1 rings (SSSR count). The van der Waals surface area contributed by atoms with E-state index in [1.54, 1.807) is 13.0 Å². The molecule has 112 valence electrons. The highest BCUT2D eigenvalue weighted by Crippen LogP contribution is 2.30. The Bertz CT molecular complexity index is 490. The van der Waals surface area contributed by atoms with Crippen LogP contribution in [0.25, 0.3) is 0 Å². The number of esters is 1. The van der Waals surface area contributed by atoms with Gasteiger partial charge in [-0.15, -0.1) is 12.4 Å². The highest BCUT2D eigenvalue weighted by atomic mass is 35.5. The Morgan fingerprint density at radius 1 is 1.40 bits per heavy atom. The van der Waals surface area contributed by atoms with E-state index in [-0.39, 0.29) is 12.4 Å². The first-order valence-corrected chi connectivity index (χ1v) is 6.56. The summed E-state index contributed by atoms with van der Waals surface area (Å²) >= 11 is 0. The van der Waals surface area contributed by atoms with Gasteiger partial charge in [-0.2, -0.15) is 0 Å². The van der Waals surface area contributed by atoms with Crippen LogP contribution >= 0.6 is 12.4 Å². The van der Waals surface area contributed by atoms with E-state index in [2.05, 4.69) is 13.5 Å². The maximum atomic E-state index is 11.7. The van der Waals surface area contributed by atoms with Crippen LogP contribution in [0.4, 0.5) is 0 Å². The molecule has 0 spiro atoms. The summed E-state index contributed by atoms with van der Waals surface area (Å²) in [5.74, 6) is 0.190. The molecule has 0 heterocycles. The zero-order valence-electron chi connectivity index (χ0n) is 12.7. The first kappa shape index (κ1) is 18.7.